The molecule has 1 heterocycles. The van der Waals surface area contributed by atoms with Crippen LogP contribution in [-0.4, -0.2) is 24.7 Å². The number of benzene rings is 1. The minimum Gasteiger partial charge on any atom is -0.497 e. The molecule has 0 atom stereocenters. The van der Waals surface area contributed by atoms with Crippen molar-refractivity contribution in [1.29, 1.82) is 0 Å². The first-order valence-corrected chi connectivity index (χ1v) is 7.09. The summed E-state index contributed by atoms with van der Waals surface area (Å²) in [5.74, 6) is 0.914. The summed E-state index contributed by atoms with van der Waals surface area (Å²) >= 11 is 0. The van der Waals surface area contributed by atoms with Gasteiger partial charge in [0.15, 0.2) is 0 Å². The van der Waals surface area contributed by atoms with Gasteiger partial charge < -0.3 is 9.47 Å². The van der Waals surface area contributed by atoms with Crippen LogP contribution in [0.1, 0.15) is 25.1 Å². The molecule has 0 N–H and O–H groups in total. The fourth-order valence-corrected chi connectivity index (χ4v) is 2.06. The van der Waals surface area contributed by atoms with E-state index < -0.39 is 0 Å². The van der Waals surface area contributed by atoms with E-state index in [4.69, 9.17) is 9.47 Å². The molecule has 0 fully saturated rings. The van der Waals surface area contributed by atoms with E-state index in [0.717, 1.165) is 27.9 Å². The van der Waals surface area contributed by atoms with Gasteiger partial charge in [-0.05, 0) is 36.6 Å². The zero-order valence-corrected chi connectivity index (χ0v) is 13.0. The van der Waals surface area contributed by atoms with Crippen LogP contribution in [0.5, 0.6) is 5.75 Å². The molecule has 0 aliphatic carbocycles. The van der Waals surface area contributed by atoms with Crippen LogP contribution in [0.3, 0.4) is 0 Å². The number of aryl methyl sites for hydroxylation is 1. The number of ether oxygens (including phenoxy) is 2. The minimum atomic E-state index is -0.207. The lowest BCUT2D eigenvalue weighted by Crippen LogP contribution is -2.13. The molecule has 112 valence electrons. The van der Waals surface area contributed by atoms with Crippen molar-refractivity contribution in [1.82, 2.24) is 4.98 Å². The van der Waals surface area contributed by atoms with Gasteiger partial charge in [0.25, 0.3) is 0 Å². The van der Waals surface area contributed by atoms with Crippen molar-refractivity contribution in [2.75, 3.05) is 13.7 Å². The minimum absolute atomic E-state index is 0.207. The predicted molar refractivity (Wildman–Crippen MR) is 82.5 cm³/mol. The number of rotatable bonds is 5. The lowest BCUT2D eigenvalue weighted by molar-refractivity contribution is -0.143. The highest BCUT2D eigenvalue weighted by atomic mass is 16.5. The van der Waals surface area contributed by atoms with E-state index in [-0.39, 0.29) is 12.4 Å². The normalized spacial score (nSPS) is 10.9. The molecule has 0 spiro atoms. The second kappa shape index (κ2) is 6.57. The van der Waals surface area contributed by atoms with Crippen LogP contribution in [-0.2, 0) is 16.0 Å². The van der Waals surface area contributed by atoms with E-state index in [9.17, 15) is 4.79 Å². The SMILES string of the molecule is COc1ccc2cc(CC(=O)OCC(C)C)c(C)nc2c1. The Balaban J connectivity index is 2.20. The summed E-state index contributed by atoms with van der Waals surface area (Å²) in [7, 11) is 1.63. The number of methoxy groups -OCH3 is 1. The summed E-state index contributed by atoms with van der Waals surface area (Å²) in [5.41, 5.74) is 2.62. The van der Waals surface area contributed by atoms with Crippen LogP contribution in [0.2, 0.25) is 0 Å². The maximum absolute atomic E-state index is 11.8. The van der Waals surface area contributed by atoms with E-state index >= 15 is 0 Å². The molecule has 0 aliphatic heterocycles. The largest absolute Gasteiger partial charge is 0.497 e. The highest BCUT2D eigenvalue weighted by Crippen LogP contribution is 2.22. The second-order valence-electron chi connectivity index (χ2n) is 5.55. The average Bonchev–Trinajstić information content (AvgIpc) is 2.45. The molecule has 0 bridgehead atoms. The topological polar surface area (TPSA) is 48.4 Å². The Labute approximate surface area is 125 Å². The van der Waals surface area contributed by atoms with Crippen molar-refractivity contribution >= 4 is 16.9 Å². The number of esters is 1. The van der Waals surface area contributed by atoms with Crippen LogP contribution in [0.15, 0.2) is 24.3 Å². The van der Waals surface area contributed by atoms with Crippen LogP contribution in [0, 0.1) is 12.8 Å². The zero-order chi connectivity index (χ0) is 15.4. The number of fused-ring (bicyclic) bond motifs is 1. The first-order valence-electron chi connectivity index (χ1n) is 7.09. The summed E-state index contributed by atoms with van der Waals surface area (Å²) in [6.45, 7) is 6.40. The van der Waals surface area contributed by atoms with Crippen molar-refractivity contribution in [2.24, 2.45) is 5.92 Å². The Kier molecular flexibility index (Phi) is 4.78. The van der Waals surface area contributed by atoms with Gasteiger partial charge in [0.1, 0.15) is 5.75 Å². The second-order valence-corrected chi connectivity index (χ2v) is 5.55. The molecule has 0 saturated heterocycles. The lowest BCUT2D eigenvalue weighted by atomic mass is 10.1. The van der Waals surface area contributed by atoms with Gasteiger partial charge in [0.2, 0.25) is 0 Å². The van der Waals surface area contributed by atoms with E-state index in [1.807, 2.05) is 45.0 Å². The first kappa shape index (κ1) is 15.3. The number of carbonyl (C=O) groups is 1. The summed E-state index contributed by atoms with van der Waals surface area (Å²) in [5, 5.41) is 0.994. The molecule has 1 aromatic carbocycles. The van der Waals surface area contributed by atoms with Gasteiger partial charge in [0.05, 0.1) is 25.7 Å². The van der Waals surface area contributed by atoms with Crippen LogP contribution in [0.4, 0.5) is 0 Å². The summed E-state index contributed by atoms with van der Waals surface area (Å²) < 4.78 is 10.4. The van der Waals surface area contributed by atoms with Gasteiger partial charge in [-0.2, -0.15) is 0 Å². The molecule has 0 amide bonds. The smallest absolute Gasteiger partial charge is 0.310 e. The van der Waals surface area contributed by atoms with Crippen molar-refractivity contribution in [3.63, 3.8) is 0 Å². The maximum Gasteiger partial charge on any atom is 0.310 e. The summed E-state index contributed by atoms with van der Waals surface area (Å²) in [6.07, 6.45) is 0.257. The number of hydrogen-bond acceptors (Lipinski definition) is 4. The van der Waals surface area contributed by atoms with Gasteiger partial charge in [-0.1, -0.05) is 13.8 Å². The van der Waals surface area contributed by atoms with Gasteiger partial charge in [-0.25, -0.2) is 0 Å². The Hall–Kier alpha value is -2.10. The Morgan fingerprint density at radius 2 is 2.05 bits per heavy atom. The fraction of sp³-hybridized carbons (Fsp3) is 0.412. The van der Waals surface area contributed by atoms with Gasteiger partial charge in [-0.3, -0.25) is 9.78 Å². The number of carbonyl (C=O) groups excluding carboxylic acids is 1. The molecule has 0 unspecified atom stereocenters. The summed E-state index contributed by atoms with van der Waals surface area (Å²) in [4.78, 5) is 16.4. The van der Waals surface area contributed by atoms with E-state index in [2.05, 4.69) is 4.98 Å². The molecular formula is C17H21NO3. The van der Waals surface area contributed by atoms with Crippen LogP contribution < -0.4 is 4.74 Å². The van der Waals surface area contributed by atoms with Crippen molar-refractivity contribution in [2.45, 2.75) is 27.2 Å². The third kappa shape index (κ3) is 3.94. The quantitative estimate of drug-likeness (QED) is 0.792. The molecule has 21 heavy (non-hydrogen) atoms. The van der Waals surface area contributed by atoms with Gasteiger partial charge in [0, 0.05) is 17.1 Å². The molecule has 0 radical (unpaired) electrons. The molecule has 2 rings (SSSR count). The van der Waals surface area contributed by atoms with Crippen molar-refractivity contribution < 1.29 is 14.3 Å². The average molecular weight is 287 g/mol. The Morgan fingerprint density at radius 1 is 1.29 bits per heavy atom. The number of pyridine rings is 1. The molecule has 4 heteroatoms. The Morgan fingerprint density at radius 3 is 2.71 bits per heavy atom. The number of aromatic nitrogens is 1. The third-order valence-electron chi connectivity index (χ3n) is 3.23. The first-order chi connectivity index (χ1) is 9.99. The van der Waals surface area contributed by atoms with E-state index in [0.29, 0.717) is 12.5 Å². The van der Waals surface area contributed by atoms with Gasteiger partial charge >= 0.3 is 5.97 Å². The van der Waals surface area contributed by atoms with Crippen LogP contribution >= 0.6 is 0 Å². The van der Waals surface area contributed by atoms with Crippen molar-refractivity contribution in [3.05, 3.63) is 35.5 Å². The standard InChI is InChI=1S/C17H21NO3/c1-11(2)10-21-17(19)8-14-7-13-5-6-15(20-4)9-16(13)18-12(14)3/h5-7,9,11H,8,10H2,1-4H3. The molecular weight excluding hydrogens is 266 g/mol. The zero-order valence-electron chi connectivity index (χ0n) is 13.0. The van der Waals surface area contributed by atoms with Crippen LogP contribution in [0.25, 0.3) is 10.9 Å². The van der Waals surface area contributed by atoms with Crippen molar-refractivity contribution in [3.8, 4) is 5.75 Å². The molecule has 2 aromatic rings. The monoisotopic (exact) mass is 287 g/mol. The highest BCUT2D eigenvalue weighted by Gasteiger charge is 2.11. The summed E-state index contributed by atoms with van der Waals surface area (Å²) in [6, 6.07) is 7.72. The predicted octanol–water partition coefficient (Wildman–Crippen LogP) is 3.29. The highest BCUT2D eigenvalue weighted by molar-refractivity contribution is 5.82. The Bertz CT molecular complexity index is 650. The molecule has 1 aromatic heterocycles. The van der Waals surface area contributed by atoms with E-state index in [1.54, 1.807) is 7.11 Å². The number of hydrogen-bond donors (Lipinski definition) is 0. The van der Waals surface area contributed by atoms with E-state index in [1.165, 1.54) is 0 Å². The maximum atomic E-state index is 11.8. The third-order valence-corrected chi connectivity index (χ3v) is 3.23. The molecule has 4 nitrogen and oxygen atoms in total. The molecule has 0 saturated carbocycles. The number of nitrogens with zero attached hydrogens (tertiary/aromatic N) is 1. The lowest BCUT2D eigenvalue weighted by Gasteiger charge is -2.10. The fourth-order valence-electron chi connectivity index (χ4n) is 2.06. The molecule has 0 aliphatic rings. The van der Waals surface area contributed by atoms with Gasteiger partial charge in [-0.15, -0.1) is 0 Å².